The van der Waals surface area contributed by atoms with Crippen LogP contribution in [0.4, 0.5) is 0 Å². The average molecular weight is 373 g/mol. The fourth-order valence-electron chi connectivity index (χ4n) is 2.90. The van der Waals surface area contributed by atoms with Crippen molar-refractivity contribution in [2.45, 2.75) is 13.5 Å². The topological polar surface area (TPSA) is 90.5 Å². The zero-order chi connectivity index (χ0) is 19.3. The Morgan fingerprint density at radius 1 is 1.07 bits per heavy atom. The summed E-state index contributed by atoms with van der Waals surface area (Å²) in [6.07, 6.45) is 8.37. The quantitative estimate of drug-likeness (QED) is 0.560. The molecule has 0 saturated heterocycles. The number of hydrogen-bond acceptors (Lipinski definition) is 5. The van der Waals surface area contributed by atoms with Gasteiger partial charge in [0, 0.05) is 25.1 Å². The number of benzene rings is 1. The molecule has 28 heavy (non-hydrogen) atoms. The summed E-state index contributed by atoms with van der Waals surface area (Å²) < 4.78 is 3.53. The van der Waals surface area contributed by atoms with Crippen molar-refractivity contribution in [2.75, 3.05) is 6.54 Å². The molecule has 1 aromatic carbocycles. The highest BCUT2D eigenvalue weighted by molar-refractivity contribution is 5.95. The van der Waals surface area contributed by atoms with Gasteiger partial charge < -0.3 is 5.32 Å². The smallest absolute Gasteiger partial charge is 0.254 e. The Morgan fingerprint density at radius 3 is 2.71 bits per heavy atom. The molecule has 0 atom stereocenters. The first kappa shape index (κ1) is 17.6. The van der Waals surface area contributed by atoms with Crippen LogP contribution in [0.15, 0.2) is 67.4 Å². The largest absolute Gasteiger partial charge is 0.350 e. The van der Waals surface area contributed by atoms with E-state index in [1.807, 2.05) is 49.5 Å². The van der Waals surface area contributed by atoms with Crippen molar-refractivity contribution in [3.63, 3.8) is 0 Å². The zero-order valence-electron chi connectivity index (χ0n) is 15.4. The van der Waals surface area contributed by atoms with E-state index in [1.54, 1.807) is 34.2 Å². The first-order valence-corrected chi connectivity index (χ1v) is 8.90. The van der Waals surface area contributed by atoms with Crippen molar-refractivity contribution < 1.29 is 4.79 Å². The molecule has 1 N–H and O–H groups in total. The van der Waals surface area contributed by atoms with Crippen LogP contribution in [0.2, 0.25) is 0 Å². The predicted molar refractivity (Wildman–Crippen MR) is 104 cm³/mol. The Morgan fingerprint density at radius 2 is 1.93 bits per heavy atom. The van der Waals surface area contributed by atoms with Crippen molar-refractivity contribution in [2.24, 2.45) is 0 Å². The third-order valence-electron chi connectivity index (χ3n) is 4.35. The van der Waals surface area contributed by atoms with Crippen LogP contribution in [-0.2, 0) is 6.54 Å². The first-order chi connectivity index (χ1) is 13.7. The van der Waals surface area contributed by atoms with Crippen LogP contribution in [0.3, 0.4) is 0 Å². The predicted octanol–water partition coefficient (Wildman–Crippen LogP) is 2.26. The zero-order valence-corrected chi connectivity index (χ0v) is 15.4. The summed E-state index contributed by atoms with van der Waals surface area (Å²) in [6, 6.07) is 11.6. The van der Waals surface area contributed by atoms with E-state index in [-0.39, 0.29) is 5.91 Å². The highest BCUT2D eigenvalue weighted by Gasteiger charge is 2.14. The summed E-state index contributed by atoms with van der Waals surface area (Å²) in [6.45, 7) is 2.89. The van der Waals surface area contributed by atoms with E-state index in [4.69, 9.17) is 0 Å². The standard InChI is InChI=1S/C20H19N7O/c1-15-17(13-24-27(15)16-5-3-2-4-6-16)20(28)23-10-12-26-11-7-18(25-26)19-14-21-8-9-22-19/h2-9,11,13-14H,10,12H2,1H3,(H,23,28). The van der Waals surface area contributed by atoms with E-state index in [0.29, 0.717) is 24.3 Å². The molecule has 4 rings (SSSR count). The number of carbonyl (C=O) groups is 1. The summed E-state index contributed by atoms with van der Waals surface area (Å²) in [5.74, 6) is -0.152. The first-order valence-electron chi connectivity index (χ1n) is 8.90. The van der Waals surface area contributed by atoms with E-state index in [2.05, 4.69) is 25.5 Å². The SMILES string of the molecule is Cc1c(C(=O)NCCn2ccc(-c3cnccn3)n2)cnn1-c1ccccc1. The van der Waals surface area contributed by atoms with Gasteiger partial charge in [0.2, 0.25) is 0 Å². The van der Waals surface area contributed by atoms with Gasteiger partial charge in [-0.1, -0.05) is 18.2 Å². The second-order valence-electron chi connectivity index (χ2n) is 6.20. The lowest BCUT2D eigenvalue weighted by Gasteiger charge is -2.07. The van der Waals surface area contributed by atoms with Gasteiger partial charge in [-0.15, -0.1) is 0 Å². The Kier molecular flexibility index (Phi) is 4.92. The second kappa shape index (κ2) is 7.83. The Balaban J connectivity index is 1.37. The Hall–Kier alpha value is -3.81. The molecule has 4 aromatic rings. The number of amides is 1. The maximum atomic E-state index is 12.5. The second-order valence-corrected chi connectivity index (χ2v) is 6.20. The van der Waals surface area contributed by atoms with Crippen LogP contribution in [0.25, 0.3) is 17.1 Å². The molecule has 0 saturated carbocycles. The van der Waals surface area contributed by atoms with Crippen LogP contribution in [0.5, 0.6) is 0 Å². The molecule has 8 heteroatoms. The number of hydrogen-bond donors (Lipinski definition) is 1. The van der Waals surface area contributed by atoms with Gasteiger partial charge in [-0.2, -0.15) is 10.2 Å². The Bertz CT molecular complexity index is 1070. The van der Waals surface area contributed by atoms with Gasteiger partial charge in [-0.25, -0.2) is 4.68 Å². The van der Waals surface area contributed by atoms with Crippen molar-refractivity contribution in [1.82, 2.24) is 34.8 Å². The van der Waals surface area contributed by atoms with Gasteiger partial charge in [0.05, 0.1) is 35.9 Å². The third-order valence-corrected chi connectivity index (χ3v) is 4.35. The molecule has 8 nitrogen and oxygen atoms in total. The summed E-state index contributed by atoms with van der Waals surface area (Å²) >= 11 is 0. The van der Waals surface area contributed by atoms with Crippen LogP contribution >= 0.6 is 0 Å². The highest BCUT2D eigenvalue weighted by Crippen LogP contribution is 2.14. The molecule has 0 aliphatic heterocycles. The molecule has 140 valence electrons. The monoisotopic (exact) mass is 373 g/mol. The molecule has 0 bridgehead atoms. The number of nitrogens with one attached hydrogen (secondary N) is 1. The summed E-state index contributed by atoms with van der Waals surface area (Å²) in [5.41, 5.74) is 3.75. The van der Waals surface area contributed by atoms with Crippen molar-refractivity contribution in [1.29, 1.82) is 0 Å². The number of nitrogens with zero attached hydrogens (tertiary/aromatic N) is 6. The molecular formula is C20H19N7O. The molecule has 1 amide bonds. The molecule has 0 aliphatic rings. The van der Waals surface area contributed by atoms with E-state index < -0.39 is 0 Å². The van der Waals surface area contributed by atoms with Crippen LogP contribution in [-0.4, -0.2) is 42.0 Å². The Labute approximate surface area is 161 Å². The molecule has 3 heterocycles. The van der Waals surface area contributed by atoms with Crippen LogP contribution in [0.1, 0.15) is 16.1 Å². The molecule has 0 unspecified atom stereocenters. The van der Waals surface area contributed by atoms with Gasteiger partial charge in [0.15, 0.2) is 0 Å². The van der Waals surface area contributed by atoms with E-state index in [0.717, 1.165) is 17.1 Å². The fourth-order valence-corrected chi connectivity index (χ4v) is 2.90. The minimum Gasteiger partial charge on any atom is -0.350 e. The molecule has 0 fully saturated rings. The average Bonchev–Trinajstić information content (AvgIpc) is 3.36. The maximum Gasteiger partial charge on any atom is 0.254 e. The van der Waals surface area contributed by atoms with Gasteiger partial charge in [0.25, 0.3) is 5.91 Å². The lowest BCUT2D eigenvalue weighted by atomic mass is 10.2. The minimum atomic E-state index is -0.152. The van der Waals surface area contributed by atoms with Gasteiger partial charge >= 0.3 is 0 Å². The molecule has 0 aliphatic carbocycles. The molecular weight excluding hydrogens is 354 g/mol. The molecule has 0 radical (unpaired) electrons. The number of aromatic nitrogens is 6. The van der Waals surface area contributed by atoms with E-state index in [1.165, 1.54) is 0 Å². The lowest BCUT2D eigenvalue weighted by molar-refractivity contribution is 0.0951. The maximum absolute atomic E-state index is 12.5. The minimum absolute atomic E-state index is 0.152. The van der Waals surface area contributed by atoms with Gasteiger partial charge in [-0.05, 0) is 25.1 Å². The van der Waals surface area contributed by atoms with Gasteiger partial charge in [0.1, 0.15) is 11.4 Å². The van der Waals surface area contributed by atoms with Crippen molar-refractivity contribution in [3.05, 3.63) is 78.6 Å². The number of carbonyl (C=O) groups excluding carboxylic acids is 1. The van der Waals surface area contributed by atoms with E-state index in [9.17, 15) is 4.79 Å². The normalized spacial score (nSPS) is 10.8. The van der Waals surface area contributed by atoms with E-state index >= 15 is 0 Å². The van der Waals surface area contributed by atoms with Crippen molar-refractivity contribution in [3.8, 4) is 17.1 Å². The summed E-state index contributed by atoms with van der Waals surface area (Å²) in [4.78, 5) is 20.8. The molecule has 0 spiro atoms. The highest BCUT2D eigenvalue weighted by atomic mass is 16.1. The fraction of sp³-hybridized carbons (Fsp3) is 0.150. The summed E-state index contributed by atoms with van der Waals surface area (Å²) in [7, 11) is 0. The van der Waals surface area contributed by atoms with Crippen molar-refractivity contribution >= 4 is 5.91 Å². The summed E-state index contributed by atoms with van der Waals surface area (Å²) in [5, 5.41) is 11.7. The number of rotatable bonds is 6. The van der Waals surface area contributed by atoms with Crippen LogP contribution in [0, 0.1) is 6.92 Å². The van der Waals surface area contributed by atoms with Crippen LogP contribution < -0.4 is 5.32 Å². The number of para-hydroxylation sites is 1. The lowest BCUT2D eigenvalue weighted by Crippen LogP contribution is -2.27. The van der Waals surface area contributed by atoms with Gasteiger partial charge in [-0.3, -0.25) is 19.4 Å². The molecule has 3 aromatic heterocycles. The third kappa shape index (κ3) is 3.66.